The fraction of sp³-hybridized carbons (Fsp3) is 0.381. The second-order valence-electron chi connectivity index (χ2n) is 7.22. The number of methoxy groups -OCH3 is 1. The number of aromatic nitrogens is 3. The third-order valence-corrected chi connectivity index (χ3v) is 5.39. The average Bonchev–Trinajstić information content (AvgIpc) is 3.13. The predicted molar refractivity (Wildman–Crippen MR) is 104 cm³/mol. The third-order valence-electron chi connectivity index (χ3n) is 5.39. The minimum atomic E-state index is 0.0146. The van der Waals surface area contributed by atoms with Crippen LogP contribution in [0.2, 0.25) is 0 Å². The van der Waals surface area contributed by atoms with Gasteiger partial charge in [-0.2, -0.15) is 5.10 Å². The van der Waals surface area contributed by atoms with Crippen LogP contribution in [0.1, 0.15) is 40.5 Å². The number of carbonyl (C=O) groups excluding carboxylic acids is 1. The number of likely N-dealkylation sites (tertiary alicyclic amines) is 1. The van der Waals surface area contributed by atoms with E-state index in [4.69, 9.17) is 9.72 Å². The molecule has 1 aromatic carbocycles. The second kappa shape index (κ2) is 7.02. The standard InChI is InChI=1S/C21H24N4O2/c1-14-10-17-13-22-19(11-16(17)12-20(14)27-3)15-4-8-25(9-5-15)21(26)18-6-7-24(2)23-18/h6-7,10-13,15H,4-5,8-9H2,1-3H3. The molecule has 0 unspecified atom stereocenters. The van der Waals surface area contributed by atoms with Crippen LogP contribution >= 0.6 is 0 Å². The molecule has 1 saturated heterocycles. The summed E-state index contributed by atoms with van der Waals surface area (Å²) < 4.78 is 7.11. The van der Waals surface area contributed by atoms with Gasteiger partial charge in [0.2, 0.25) is 0 Å². The van der Waals surface area contributed by atoms with E-state index in [1.54, 1.807) is 24.1 Å². The van der Waals surface area contributed by atoms with Gasteiger partial charge in [0.05, 0.1) is 7.11 Å². The second-order valence-corrected chi connectivity index (χ2v) is 7.22. The maximum atomic E-state index is 12.6. The number of piperidine rings is 1. The lowest BCUT2D eigenvalue weighted by Crippen LogP contribution is -2.38. The highest BCUT2D eigenvalue weighted by Gasteiger charge is 2.26. The van der Waals surface area contributed by atoms with E-state index in [9.17, 15) is 4.79 Å². The summed E-state index contributed by atoms with van der Waals surface area (Å²) in [5.74, 6) is 1.28. The number of benzene rings is 1. The summed E-state index contributed by atoms with van der Waals surface area (Å²) in [4.78, 5) is 19.1. The summed E-state index contributed by atoms with van der Waals surface area (Å²) in [5.41, 5.74) is 2.72. The molecule has 3 heterocycles. The van der Waals surface area contributed by atoms with Crippen LogP contribution < -0.4 is 4.74 Å². The molecule has 0 bridgehead atoms. The molecule has 3 aromatic rings. The fourth-order valence-electron chi connectivity index (χ4n) is 3.82. The van der Waals surface area contributed by atoms with E-state index in [1.807, 2.05) is 25.1 Å². The number of carbonyl (C=O) groups is 1. The van der Waals surface area contributed by atoms with Gasteiger partial charge in [-0.15, -0.1) is 0 Å². The van der Waals surface area contributed by atoms with Gasteiger partial charge in [0, 0.05) is 49.5 Å². The summed E-state index contributed by atoms with van der Waals surface area (Å²) in [7, 11) is 3.52. The molecule has 2 aromatic heterocycles. The molecule has 27 heavy (non-hydrogen) atoms. The number of ether oxygens (including phenoxy) is 1. The Morgan fingerprint density at radius 2 is 1.96 bits per heavy atom. The van der Waals surface area contributed by atoms with E-state index >= 15 is 0 Å². The van der Waals surface area contributed by atoms with Crippen LogP contribution in [-0.2, 0) is 7.05 Å². The number of amides is 1. The molecule has 140 valence electrons. The molecule has 0 radical (unpaired) electrons. The highest BCUT2D eigenvalue weighted by atomic mass is 16.5. The SMILES string of the molecule is COc1cc2cc(C3CCN(C(=O)c4ccn(C)n4)CC3)ncc2cc1C. The average molecular weight is 364 g/mol. The molecule has 1 amide bonds. The fourth-order valence-corrected chi connectivity index (χ4v) is 3.82. The van der Waals surface area contributed by atoms with Gasteiger partial charge in [0.1, 0.15) is 11.4 Å². The van der Waals surface area contributed by atoms with Crippen molar-refractivity contribution in [2.24, 2.45) is 7.05 Å². The molecule has 0 atom stereocenters. The quantitative estimate of drug-likeness (QED) is 0.715. The van der Waals surface area contributed by atoms with Crippen LogP contribution in [0.15, 0.2) is 36.7 Å². The van der Waals surface area contributed by atoms with Crippen LogP contribution in [0.3, 0.4) is 0 Å². The van der Waals surface area contributed by atoms with Crippen molar-refractivity contribution >= 4 is 16.7 Å². The molecule has 0 spiro atoms. The number of fused-ring (bicyclic) bond motifs is 1. The number of pyridine rings is 1. The van der Waals surface area contributed by atoms with Crippen molar-refractivity contribution in [1.29, 1.82) is 0 Å². The van der Waals surface area contributed by atoms with Gasteiger partial charge in [-0.1, -0.05) is 0 Å². The minimum absolute atomic E-state index is 0.0146. The summed E-state index contributed by atoms with van der Waals surface area (Å²) in [6.07, 6.45) is 5.58. The van der Waals surface area contributed by atoms with Crippen LogP contribution in [0, 0.1) is 6.92 Å². The normalized spacial score (nSPS) is 15.3. The zero-order chi connectivity index (χ0) is 19.0. The lowest BCUT2D eigenvalue weighted by atomic mass is 9.92. The van der Waals surface area contributed by atoms with Crippen LogP contribution in [0.25, 0.3) is 10.8 Å². The van der Waals surface area contributed by atoms with Gasteiger partial charge in [-0.05, 0) is 55.0 Å². The van der Waals surface area contributed by atoms with Crippen molar-refractivity contribution < 1.29 is 9.53 Å². The van der Waals surface area contributed by atoms with E-state index in [2.05, 4.69) is 23.3 Å². The minimum Gasteiger partial charge on any atom is -0.496 e. The number of aryl methyl sites for hydroxylation is 2. The molecule has 6 nitrogen and oxygen atoms in total. The number of rotatable bonds is 3. The Kier molecular flexibility index (Phi) is 4.56. The number of hydrogen-bond donors (Lipinski definition) is 0. The first kappa shape index (κ1) is 17.5. The summed E-state index contributed by atoms with van der Waals surface area (Å²) >= 11 is 0. The van der Waals surface area contributed by atoms with Gasteiger partial charge in [0.25, 0.3) is 5.91 Å². The monoisotopic (exact) mass is 364 g/mol. The topological polar surface area (TPSA) is 60.2 Å². The number of hydrogen-bond acceptors (Lipinski definition) is 4. The maximum Gasteiger partial charge on any atom is 0.274 e. The Hall–Kier alpha value is -2.89. The van der Waals surface area contributed by atoms with E-state index in [-0.39, 0.29) is 5.91 Å². The van der Waals surface area contributed by atoms with E-state index in [0.717, 1.165) is 53.7 Å². The molecular formula is C21H24N4O2. The number of nitrogens with zero attached hydrogens (tertiary/aromatic N) is 4. The molecule has 0 saturated carbocycles. The van der Waals surface area contributed by atoms with Crippen molar-refractivity contribution in [3.05, 3.63) is 53.6 Å². The summed E-state index contributed by atoms with van der Waals surface area (Å²) in [5, 5.41) is 6.49. The first-order valence-electron chi connectivity index (χ1n) is 9.28. The van der Waals surface area contributed by atoms with Crippen molar-refractivity contribution in [2.75, 3.05) is 20.2 Å². The summed E-state index contributed by atoms with van der Waals surface area (Å²) in [6, 6.07) is 8.13. The molecule has 1 aliphatic rings. The zero-order valence-electron chi connectivity index (χ0n) is 16.0. The van der Waals surface area contributed by atoms with E-state index in [1.165, 1.54) is 0 Å². The Morgan fingerprint density at radius 3 is 2.63 bits per heavy atom. The highest BCUT2D eigenvalue weighted by Crippen LogP contribution is 2.31. The third kappa shape index (κ3) is 3.39. The van der Waals surface area contributed by atoms with Crippen LogP contribution in [-0.4, -0.2) is 45.8 Å². The molecule has 0 N–H and O–H groups in total. The highest BCUT2D eigenvalue weighted by molar-refractivity contribution is 5.92. The van der Waals surface area contributed by atoms with Gasteiger partial charge in [-0.3, -0.25) is 14.5 Å². The van der Waals surface area contributed by atoms with Crippen LogP contribution in [0.5, 0.6) is 5.75 Å². The Balaban J connectivity index is 1.49. The van der Waals surface area contributed by atoms with Crippen molar-refractivity contribution in [3.63, 3.8) is 0 Å². The molecule has 4 rings (SSSR count). The van der Waals surface area contributed by atoms with Gasteiger partial charge < -0.3 is 9.64 Å². The maximum absolute atomic E-state index is 12.6. The Bertz CT molecular complexity index is 987. The lowest BCUT2D eigenvalue weighted by Gasteiger charge is -2.31. The lowest BCUT2D eigenvalue weighted by molar-refractivity contribution is 0.0705. The van der Waals surface area contributed by atoms with E-state index in [0.29, 0.717) is 11.6 Å². The van der Waals surface area contributed by atoms with Crippen molar-refractivity contribution in [3.8, 4) is 5.75 Å². The first-order valence-corrected chi connectivity index (χ1v) is 9.28. The van der Waals surface area contributed by atoms with Gasteiger partial charge in [0.15, 0.2) is 0 Å². The molecule has 1 aliphatic heterocycles. The van der Waals surface area contributed by atoms with Crippen molar-refractivity contribution in [1.82, 2.24) is 19.7 Å². The Labute approximate surface area is 158 Å². The molecule has 1 fully saturated rings. The summed E-state index contributed by atoms with van der Waals surface area (Å²) in [6.45, 7) is 3.51. The zero-order valence-corrected chi connectivity index (χ0v) is 16.0. The molecular weight excluding hydrogens is 340 g/mol. The van der Waals surface area contributed by atoms with Crippen LogP contribution in [0.4, 0.5) is 0 Å². The van der Waals surface area contributed by atoms with Gasteiger partial charge in [-0.25, -0.2) is 0 Å². The Morgan fingerprint density at radius 1 is 1.19 bits per heavy atom. The van der Waals surface area contributed by atoms with Crippen molar-refractivity contribution in [2.45, 2.75) is 25.7 Å². The molecule has 6 heteroatoms. The van der Waals surface area contributed by atoms with Gasteiger partial charge >= 0.3 is 0 Å². The first-order chi connectivity index (χ1) is 13.0. The molecule has 0 aliphatic carbocycles. The van der Waals surface area contributed by atoms with E-state index < -0.39 is 0 Å². The largest absolute Gasteiger partial charge is 0.496 e. The predicted octanol–water partition coefficient (Wildman–Crippen LogP) is 3.31. The smallest absolute Gasteiger partial charge is 0.274 e.